The monoisotopic (exact) mass is 455 g/mol. The van der Waals surface area contributed by atoms with Crippen molar-refractivity contribution in [3.8, 4) is 28.7 Å². The fourth-order valence-corrected chi connectivity index (χ4v) is 4.02. The highest BCUT2D eigenvalue weighted by Crippen LogP contribution is 2.44. The molecule has 0 heterocycles. The summed E-state index contributed by atoms with van der Waals surface area (Å²) in [5.74, 6) is 1.76. The summed E-state index contributed by atoms with van der Waals surface area (Å²) < 4.78 is 6.04. The van der Waals surface area contributed by atoms with E-state index in [0.717, 1.165) is 44.9 Å². The molecule has 0 atom stereocenters. The van der Waals surface area contributed by atoms with Gasteiger partial charge in [-0.3, -0.25) is 0 Å². The summed E-state index contributed by atoms with van der Waals surface area (Å²) in [6.07, 6.45) is 0. The number of hydrogen-bond acceptors (Lipinski definition) is 5. The highest BCUT2D eigenvalue weighted by molar-refractivity contribution is 5.83. The number of hydrogen-bond donors (Lipinski definition) is 3. The smallest absolute Gasteiger partial charge is 0.131 e. The standard InChI is InChI=1S/C29H29NO4/c1-17-9-12-24(16-27(17)31)34-23-8-6-7-22(15-23)30(25-13-10-18(2)28(32)20(25)4)26-14-11-19(3)29(33)21(26)5/h6-16,31-33H,1-5H3. The SMILES string of the molecule is Cc1ccc(Oc2cccc(N(c3ccc(C)c(O)c3C)c3ccc(C)c(O)c3C)c2)cc1O. The molecule has 4 aromatic carbocycles. The third-order valence-electron chi connectivity index (χ3n) is 6.18. The number of phenolic OH excluding ortho intramolecular Hbond substituents is 3. The average Bonchev–Trinajstić information content (AvgIpc) is 2.81. The Kier molecular flexibility index (Phi) is 6.12. The van der Waals surface area contributed by atoms with Crippen LogP contribution in [0, 0.1) is 34.6 Å². The van der Waals surface area contributed by atoms with Gasteiger partial charge in [0.15, 0.2) is 0 Å². The van der Waals surface area contributed by atoms with Crippen molar-refractivity contribution in [2.24, 2.45) is 0 Å². The van der Waals surface area contributed by atoms with E-state index >= 15 is 0 Å². The Balaban J connectivity index is 1.86. The Morgan fingerprint density at radius 3 is 1.68 bits per heavy atom. The van der Waals surface area contributed by atoms with E-state index < -0.39 is 0 Å². The zero-order chi connectivity index (χ0) is 24.6. The second kappa shape index (κ2) is 9.02. The van der Waals surface area contributed by atoms with Crippen LogP contribution >= 0.6 is 0 Å². The van der Waals surface area contributed by atoms with Crippen molar-refractivity contribution >= 4 is 17.1 Å². The van der Waals surface area contributed by atoms with E-state index in [-0.39, 0.29) is 17.2 Å². The van der Waals surface area contributed by atoms with Crippen molar-refractivity contribution in [3.05, 3.63) is 94.5 Å². The van der Waals surface area contributed by atoms with Gasteiger partial charge in [0.2, 0.25) is 0 Å². The first-order valence-corrected chi connectivity index (χ1v) is 11.1. The molecule has 0 aliphatic carbocycles. The van der Waals surface area contributed by atoms with Crippen molar-refractivity contribution in [1.82, 2.24) is 0 Å². The lowest BCUT2D eigenvalue weighted by molar-refractivity contribution is 0.452. The number of nitrogens with zero attached hydrogens (tertiary/aromatic N) is 1. The fraction of sp³-hybridized carbons (Fsp3) is 0.172. The van der Waals surface area contributed by atoms with Crippen LogP contribution in [-0.2, 0) is 0 Å². The van der Waals surface area contributed by atoms with E-state index in [2.05, 4.69) is 0 Å². The highest BCUT2D eigenvalue weighted by atomic mass is 16.5. The van der Waals surface area contributed by atoms with Gasteiger partial charge in [-0.2, -0.15) is 0 Å². The number of anilines is 3. The van der Waals surface area contributed by atoms with Crippen LogP contribution in [0.15, 0.2) is 66.7 Å². The van der Waals surface area contributed by atoms with Crippen LogP contribution in [0.25, 0.3) is 0 Å². The molecule has 0 fully saturated rings. The van der Waals surface area contributed by atoms with Gasteiger partial charge in [0.25, 0.3) is 0 Å². The van der Waals surface area contributed by atoms with E-state index in [4.69, 9.17) is 4.74 Å². The van der Waals surface area contributed by atoms with Gasteiger partial charge < -0.3 is 25.0 Å². The minimum Gasteiger partial charge on any atom is -0.508 e. The minimum atomic E-state index is 0.173. The van der Waals surface area contributed by atoms with Crippen molar-refractivity contribution in [1.29, 1.82) is 0 Å². The number of phenols is 3. The first-order chi connectivity index (χ1) is 16.2. The van der Waals surface area contributed by atoms with Gasteiger partial charge in [-0.05, 0) is 81.6 Å². The Morgan fingerprint density at radius 2 is 1.12 bits per heavy atom. The average molecular weight is 456 g/mol. The van der Waals surface area contributed by atoms with Gasteiger partial charge in [-0.1, -0.05) is 24.3 Å². The third kappa shape index (κ3) is 4.25. The number of aromatic hydroxyl groups is 3. The van der Waals surface area contributed by atoms with E-state index in [1.807, 2.05) is 94.1 Å². The van der Waals surface area contributed by atoms with E-state index in [1.54, 1.807) is 12.1 Å². The fourth-order valence-electron chi connectivity index (χ4n) is 4.02. The molecule has 0 aliphatic rings. The van der Waals surface area contributed by atoms with Gasteiger partial charge in [-0.15, -0.1) is 0 Å². The summed E-state index contributed by atoms with van der Waals surface area (Å²) in [6, 6.07) is 20.5. The maximum Gasteiger partial charge on any atom is 0.131 e. The van der Waals surface area contributed by atoms with Crippen LogP contribution in [-0.4, -0.2) is 15.3 Å². The second-order valence-corrected chi connectivity index (χ2v) is 8.63. The predicted octanol–water partition coefficient (Wildman–Crippen LogP) is 7.61. The molecular weight excluding hydrogens is 426 g/mol. The molecule has 0 aromatic heterocycles. The summed E-state index contributed by atoms with van der Waals surface area (Å²) in [5.41, 5.74) is 6.20. The highest BCUT2D eigenvalue weighted by Gasteiger charge is 2.21. The zero-order valence-corrected chi connectivity index (χ0v) is 20.0. The Labute approximate surface area is 200 Å². The molecule has 0 saturated carbocycles. The molecule has 0 amide bonds. The first kappa shape index (κ1) is 23.1. The number of ether oxygens (including phenoxy) is 1. The van der Waals surface area contributed by atoms with Crippen LogP contribution in [0.5, 0.6) is 28.7 Å². The molecular formula is C29H29NO4. The van der Waals surface area contributed by atoms with E-state index in [9.17, 15) is 15.3 Å². The largest absolute Gasteiger partial charge is 0.508 e. The molecule has 4 rings (SSSR count). The zero-order valence-electron chi connectivity index (χ0n) is 20.0. The van der Waals surface area contributed by atoms with E-state index in [0.29, 0.717) is 11.5 Å². The molecule has 0 unspecified atom stereocenters. The Hall–Kier alpha value is -4.12. The van der Waals surface area contributed by atoms with Crippen molar-refractivity contribution in [2.45, 2.75) is 34.6 Å². The van der Waals surface area contributed by atoms with Gasteiger partial charge >= 0.3 is 0 Å². The third-order valence-corrected chi connectivity index (χ3v) is 6.18. The van der Waals surface area contributed by atoms with Gasteiger partial charge in [0.1, 0.15) is 28.7 Å². The summed E-state index contributed by atoms with van der Waals surface area (Å²) >= 11 is 0. The van der Waals surface area contributed by atoms with Crippen LogP contribution in [0.3, 0.4) is 0 Å². The molecule has 0 radical (unpaired) electrons. The van der Waals surface area contributed by atoms with Crippen LogP contribution in [0.4, 0.5) is 17.1 Å². The normalized spacial score (nSPS) is 10.9. The molecule has 0 bridgehead atoms. The van der Waals surface area contributed by atoms with Crippen molar-refractivity contribution in [3.63, 3.8) is 0 Å². The molecule has 5 nitrogen and oxygen atoms in total. The molecule has 5 heteroatoms. The van der Waals surface area contributed by atoms with Crippen molar-refractivity contribution in [2.75, 3.05) is 4.90 Å². The molecule has 3 N–H and O–H groups in total. The molecule has 174 valence electrons. The van der Waals surface area contributed by atoms with Gasteiger partial charge in [0.05, 0.1) is 11.4 Å². The summed E-state index contributed by atoms with van der Waals surface area (Å²) in [7, 11) is 0. The number of rotatable bonds is 5. The number of aryl methyl sites for hydroxylation is 3. The summed E-state index contributed by atoms with van der Waals surface area (Å²) in [5, 5.41) is 31.4. The van der Waals surface area contributed by atoms with Crippen LogP contribution in [0.2, 0.25) is 0 Å². The van der Waals surface area contributed by atoms with Crippen LogP contribution < -0.4 is 9.64 Å². The second-order valence-electron chi connectivity index (χ2n) is 8.63. The Bertz CT molecular complexity index is 1320. The first-order valence-electron chi connectivity index (χ1n) is 11.1. The molecule has 4 aromatic rings. The summed E-state index contributed by atoms with van der Waals surface area (Å²) in [6.45, 7) is 9.32. The predicted molar refractivity (Wildman–Crippen MR) is 136 cm³/mol. The molecule has 0 saturated heterocycles. The molecule has 0 aliphatic heterocycles. The maximum atomic E-state index is 10.7. The molecule has 0 spiro atoms. The summed E-state index contributed by atoms with van der Waals surface area (Å²) in [4.78, 5) is 2.00. The van der Waals surface area contributed by atoms with Crippen molar-refractivity contribution < 1.29 is 20.1 Å². The van der Waals surface area contributed by atoms with Gasteiger partial charge in [-0.25, -0.2) is 0 Å². The molecule has 34 heavy (non-hydrogen) atoms. The quantitative estimate of drug-likeness (QED) is 0.289. The lowest BCUT2D eigenvalue weighted by Gasteiger charge is -2.29. The lowest BCUT2D eigenvalue weighted by atomic mass is 10.0. The van der Waals surface area contributed by atoms with Crippen LogP contribution in [0.1, 0.15) is 27.8 Å². The topological polar surface area (TPSA) is 73.2 Å². The van der Waals surface area contributed by atoms with Gasteiger partial charge in [0, 0.05) is 28.9 Å². The van der Waals surface area contributed by atoms with E-state index in [1.165, 1.54) is 0 Å². The minimum absolute atomic E-state index is 0.173. The number of benzene rings is 4. The maximum absolute atomic E-state index is 10.7. The lowest BCUT2D eigenvalue weighted by Crippen LogP contribution is -2.13. The Morgan fingerprint density at radius 1 is 0.588 bits per heavy atom.